The summed E-state index contributed by atoms with van der Waals surface area (Å²) in [5.41, 5.74) is 0. The molecule has 0 aliphatic carbocycles. The molecule has 86 heavy (non-hydrogen) atoms. The fourth-order valence-corrected chi connectivity index (χ4v) is 11.7. The van der Waals surface area contributed by atoms with Crippen LogP contribution in [0.2, 0.25) is 0 Å². The Hall–Kier alpha value is -1.94. The number of esters is 4. The number of phosphoric acid groups is 2. The zero-order valence-electron chi connectivity index (χ0n) is 55.4. The van der Waals surface area contributed by atoms with Crippen LogP contribution in [0.1, 0.15) is 343 Å². The Bertz CT molecular complexity index is 1670. The molecule has 5 atom stereocenters. The lowest BCUT2D eigenvalue weighted by atomic mass is 10.0. The highest BCUT2D eigenvalue weighted by Gasteiger charge is 2.30. The standard InChI is InChI=1S/C67H130O17P2/c1-6-9-12-15-18-21-28-32-37-41-46-51-65(70)78-57-63(84-67(72)53-48-43-38-33-30-27-25-23-22-24-26-29-31-34-39-44-49-60(4)5)59-82-86(75,76)80-55-61(68)54-79-85(73,74)81-58-62(83-66(71)52-47-42-36-20-17-14-11-8-3)56-77-64(69)50-45-40-35-19-16-13-10-7-2/h60-63,68H,6-59H2,1-5H3,(H,73,74)(H,75,76)/t61-,62+,63+/m0/s1. The summed E-state index contributed by atoms with van der Waals surface area (Å²) in [7, 11) is -9.88. The van der Waals surface area contributed by atoms with E-state index in [2.05, 4.69) is 34.6 Å². The van der Waals surface area contributed by atoms with Crippen LogP contribution >= 0.6 is 15.6 Å². The van der Waals surface area contributed by atoms with Crippen LogP contribution in [0, 0.1) is 5.92 Å². The molecule has 0 radical (unpaired) electrons. The van der Waals surface area contributed by atoms with Crippen LogP contribution in [0.15, 0.2) is 0 Å². The van der Waals surface area contributed by atoms with Crippen molar-refractivity contribution in [3.8, 4) is 0 Å². The number of aliphatic hydroxyl groups excluding tert-OH is 1. The number of rotatable bonds is 67. The first-order valence-corrected chi connectivity index (χ1v) is 38.1. The van der Waals surface area contributed by atoms with Crippen LogP contribution in [-0.4, -0.2) is 96.7 Å². The lowest BCUT2D eigenvalue weighted by molar-refractivity contribution is -0.161. The highest BCUT2D eigenvalue weighted by Crippen LogP contribution is 2.45. The number of aliphatic hydroxyl groups is 1. The van der Waals surface area contributed by atoms with Gasteiger partial charge in [0.05, 0.1) is 26.4 Å². The second kappa shape index (κ2) is 60.6. The number of phosphoric ester groups is 2. The maximum absolute atomic E-state index is 13.0. The van der Waals surface area contributed by atoms with E-state index >= 15 is 0 Å². The fourth-order valence-electron chi connectivity index (χ4n) is 10.1. The Kier molecular flexibility index (Phi) is 59.2. The first-order chi connectivity index (χ1) is 41.5. The molecule has 0 aromatic rings. The minimum Gasteiger partial charge on any atom is -0.462 e. The molecule has 0 bridgehead atoms. The summed E-state index contributed by atoms with van der Waals surface area (Å²) in [4.78, 5) is 72.2. The van der Waals surface area contributed by atoms with E-state index < -0.39 is 97.5 Å². The molecule has 0 rings (SSSR count). The van der Waals surface area contributed by atoms with Gasteiger partial charge in [-0.2, -0.15) is 0 Å². The Morgan fingerprint density at radius 1 is 0.314 bits per heavy atom. The highest BCUT2D eigenvalue weighted by molar-refractivity contribution is 7.47. The molecule has 0 amide bonds. The highest BCUT2D eigenvalue weighted by atomic mass is 31.2. The number of hydrogen-bond donors (Lipinski definition) is 3. The second-order valence-electron chi connectivity index (χ2n) is 24.7. The summed E-state index contributed by atoms with van der Waals surface area (Å²) in [5, 5.41) is 10.5. The maximum Gasteiger partial charge on any atom is 0.472 e. The fraction of sp³-hybridized carbons (Fsp3) is 0.940. The zero-order chi connectivity index (χ0) is 63.5. The van der Waals surface area contributed by atoms with Gasteiger partial charge in [0.15, 0.2) is 12.2 Å². The van der Waals surface area contributed by atoms with Crippen molar-refractivity contribution in [3.63, 3.8) is 0 Å². The van der Waals surface area contributed by atoms with Gasteiger partial charge in [-0.15, -0.1) is 0 Å². The number of ether oxygens (including phenoxy) is 4. The van der Waals surface area contributed by atoms with Gasteiger partial charge in [0.2, 0.25) is 0 Å². The molecule has 0 saturated heterocycles. The Labute approximate surface area is 524 Å². The van der Waals surface area contributed by atoms with E-state index in [0.717, 1.165) is 109 Å². The predicted molar refractivity (Wildman–Crippen MR) is 345 cm³/mol. The first kappa shape index (κ1) is 84.1. The van der Waals surface area contributed by atoms with Crippen molar-refractivity contribution in [1.82, 2.24) is 0 Å². The van der Waals surface area contributed by atoms with Crippen molar-refractivity contribution in [2.24, 2.45) is 5.92 Å². The van der Waals surface area contributed by atoms with E-state index in [1.54, 1.807) is 0 Å². The molecule has 2 unspecified atom stereocenters. The number of carbonyl (C=O) groups is 4. The van der Waals surface area contributed by atoms with E-state index in [0.29, 0.717) is 25.7 Å². The van der Waals surface area contributed by atoms with Crippen LogP contribution in [-0.2, 0) is 65.4 Å². The van der Waals surface area contributed by atoms with Crippen molar-refractivity contribution in [2.75, 3.05) is 39.6 Å². The Balaban J connectivity index is 5.15. The molecule has 3 N–H and O–H groups in total. The van der Waals surface area contributed by atoms with E-state index in [4.69, 9.17) is 37.0 Å². The SMILES string of the molecule is CCCCCCCCCCCCCC(=O)OC[C@H](COP(=O)(O)OC[C@@H](O)COP(=O)(O)OC[C@@H](COC(=O)CCCCCCCCCC)OC(=O)CCCCCCCCCC)OC(=O)CCCCCCCCCCCCCCCCCCC(C)C. The van der Waals surface area contributed by atoms with E-state index in [-0.39, 0.29) is 25.7 Å². The van der Waals surface area contributed by atoms with Gasteiger partial charge in [0.25, 0.3) is 0 Å². The van der Waals surface area contributed by atoms with Crippen molar-refractivity contribution < 1.29 is 80.2 Å². The quantitative estimate of drug-likeness (QED) is 0.0222. The first-order valence-electron chi connectivity index (χ1n) is 35.1. The second-order valence-corrected chi connectivity index (χ2v) is 27.6. The Morgan fingerprint density at radius 3 is 0.791 bits per heavy atom. The van der Waals surface area contributed by atoms with Gasteiger partial charge < -0.3 is 33.8 Å². The van der Waals surface area contributed by atoms with E-state index in [9.17, 15) is 43.2 Å². The van der Waals surface area contributed by atoms with Crippen molar-refractivity contribution in [2.45, 2.75) is 361 Å². The third-order valence-electron chi connectivity index (χ3n) is 15.5. The van der Waals surface area contributed by atoms with Gasteiger partial charge in [-0.3, -0.25) is 37.3 Å². The molecule has 0 aromatic heterocycles. The van der Waals surface area contributed by atoms with E-state index in [1.807, 2.05) is 0 Å². The monoisotopic (exact) mass is 1270 g/mol. The molecular formula is C67H130O17P2. The van der Waals surface area contributed by atoms with Crippen molar-refractivity contribution in [1.29, 1.82) is 0 Å². The van der Waals surface area contributed by atoms with Crippen LogP contribution < -0.4 is 0 Å². The normalized spacial score (nSPS) is 14.2. The largest absolute Gasteiger partial charge is 0.472 e. The maximum atomic E-state index is 13.0. The molecule has 510 valence electrons. The molecular weight excluding hydrogens is 1140 g/mol. The number of hydrogen-bond acceptors (Lipinski definition) is 15. The van der Waals surface area contributed by atoms with Crippen LogP contribution in [0.3, 0.4) is 0 Å². The van der Waals surface area contributed by atoms with Crippen LogP contribution in [0.4, 0.5) is 0 Å². The summed E-state index contributed by atoms with van der Waals surface area (Å²) < 4.78 is 68.0. The summed E-state index contributed by atoms with van der Waals surface area (Å²) in [6, 6.07) is 0. The average Bonchev–Trinajstić information content (AvgIpc) is 3.70. The number of carbonyl (C=O) groups excluding carboxylic acids is 4. The Morgan fingerprint density at radius 2 is 0.535 bits per heavy atom. The van der Waals surface area contributed by atoms with Crippen LogP contribution in [0.25, 0.3) is 0 Å². The molecule has 0 aliphatic heterocycles. The third kappa shape index (κ3) is 60.9. The van der Waals surface area contributed by atoms with Crippen molar-refractivity contribution >= 4 is 39.5 Å². The smallest absolute Gasteiger partial charge is 0.462 e. The molecule has 0 saturated carbocycles. The topological polar surface area (TPSA) is 237 Å². The minimum absolute atomic E-state index is 0.105. The zero-order valence-corrected chi connectivity index (χ0v) is 57.2. The van der Waals surface area contributed by atoms with Crippen molar-refractivity contribution in [3.05, 3.63) is 0 Å². The van der Waals surface area contributed by atoms with Gasteiger partial charge >= 0.3 is 39.5 Å². The van der Waals surface area contributed by atoms with Gasteiger partial charge in [-0.25, -0.2) is 9.13 Å². The summed E-state index contributed by atoms with van der Waals surface area (Å²) in [5.74, 6) is -1.32. The van der Waals surface area contributed by atoms with Gasteiger partial charge in [-0.05, 0) is 31.6 Å². The summed E-state index contributed by atoms with van der Waals surface area (Å²) in [6.07, 6.45) is 45.9. The van der Waals surface area contributed by atoms with Gasteiger partial charge in [-0.1, -0.05) is 291 Å². The predicted octanol–water partition coefficient (Wildman–Crippen LogP) is 19.0. The molecule has 19 heteroatoms. The molecule has 0 aliphatic rings. The minimum atomic E-state index is -4.95. The molecule has 0 fully saturated rings. The van der Waals surface area contributed by atoms with Gasteiger partial charge in [0, 0.05) is 25.7 Å². The van der Waals surface area contributed by atoms with Gasteiger partial charge in [0.1, 0.15) is 19.3 Å². The summed E-state index contributed by atoms with van der Waals surface area (Å²) in [6.45, 7) is 7.19. The molecule has 0 spiro atoms. The lowest BCUT2D eigenvalue weighted by Crippen LogP contribution is -2.30. The average molecular weight is 1270 g/mol. The number of unbranched alkanes of at least 4 members (excludes halogenated alkanes) is 39. The van der Waals surface area contributed by atoms with E-state index in [1.165, 1.54) is 154 Å². The third-order valence-corrected chi connectivity index (χ3v) is 17.4. The summed E-state index contributed by atoms with van der Waals surface area (Å²) >= 11 is 0. The molecule has 17 nitrogen and oxygen atoms in total. The lowest BCUT2D eigenvalue weighted by Gasteiger charge is -2.21. The molecule has 0 heterocycles. The van der Waals surface area contributed by atoms with Crippen LogP contribution in [0.5, 0.6) is 0 Å². The molecule has 0 aromatic carbocycles.